The summed E-state index contributed by atoms with van der Waals surface area (Å²) in [7, 11) is 1.63. The summed E-state index contributed by atoms with van der Waals surface area (Å²) >= 11 is 1.49. The fourth-order valence-electron chi connectivity index (χ4n) is 3.00. The van der Waals surface area contributed by atoms with E-state index in [0.717, 1.165) is 17.1 Å². The number of hydrogen-bond acceptors (Lipinski definition) is 5. The Labute approximate surface area is 154 Å². The zero-order valence-corrected chi connectivity index (χ0v) is 14.8. The van der Waals surface area contributed by atoms with E-state index >= 15 is 0 Å². The molecule has 2 heterocycles. The maximum Gasteiger partial charge on any atom is 0.291 e. The van der Waals surface area contributed by atoms with Gasteiger partial charge in [0, 0.05) is 11.7 Å². The van der Waals surface area contributed by atoms with Crippen molar-refractivity contribution in [1.82, 2.24) is 5.32 Å². The molecule has 2 aliphatic heterocycles. The summed E-state index contributed by atoms with van der Waals surface area (Å²) in [6, 6.07) is 7.72. The van der Waals surface area contributed by atoms with E-state index in [-0.39, 0.29) is 35.6 Å². The molecular formula is C19H17FN2O3S. The van der Waals surface area contributed by atoms with E-state index in [9.17, 15) is 9.18 Å². The van der Waals surface area contributed by atoms with Crippen LogP contribution in [-0.4, -0.2) is 30.0 Å². The average Bonchev–Trinajstić information content (AvgIpc) is 3.28. The number of nitrogens with zero attached hydrogens (tertiary/aromatic N) is 1. The summed E-state index contributed by atoms with van der Waals surface area (Å²) < 4.78 is 24.0. The summed E-state index contributed by atoms with van der Waals surface area (Å²) in [6.07, 6.45) is 5.75. The lowest BCUT2D eigenvalue weighted by Crippen LogP contribution is -2.29. The number of rotatable bonds is 3. The third-order valence-electron chi connectivity index (χ3n) is 4.38. The molecule has 0 saturated heterocycles. The highest BCUT2D eigenvalue weighted by Crippen LogP contribution is 2.32. The van der Waals surface area contributed by atoms with Crippen molar-refractivity contribution in [1.29, 1.82) is 0 Å². The fraction of sp³-hybridized carbons (Fsp3) is 0.263. The number of aliphatic imine (C=N–C) groups is 1. The number of nitrogens with one attached hydrogen (secondary N) is 1. The lowest BCUT2D eigenvalue weighted by atomic mass is 9.98. The SMILES string of the molecule is COc1ccc(C2CSC(NC(=O)C3=CC4C=C(F)C=CC4O3)=N2)cc1. The molecule has 26 heavy (non-hydrogen) atoms. The number of carbonyl (C=O) groups is 1. The number of methoxy groups -OCH3 is 1. The zero-order valence-electron chi connectivity index (χ0n) is 14.0. The molecular weight excluding hydrogens is 355 g/mol. The van der Waals surface area contributed by atoms with Gasteiger partial charge in [0.05, 0.1) is 13.2 Å². The lowest BCUT2D eigenvalue weighted by molar-refractivity contribution is -0.119. The van der Waals surface area contributed by atoms with Crippen LogP contribution in [0.5, 0.6) is 5.75 Å². The quantitative estimate of drug-likeness (QED) is 0.885. The number of halogens is 1. The van der Waals surface area contributed by atoms with Crippen molar-refractivity contribution in [3.8, 4) is 5.75 Å². The molecule has 5 nitrogen and oxygen atoms in total. The van der Waals surface area contributed by atoms with Gasteiger partial charge in [-0.3, -0.25) is 15.1 Å². The third-order valence-corrected chi connectivity index (χ3v) is 5.34. The Morgan fingerprint density at radius 1 is 1.35 bits per heavy atom. The lowest BCUT2D eigenvalue weighted by Gasteiger charge is -2.15. The Kier molecular flexibility index (Phi) is 4.55. The van der Waals surface area contributed by atoms with Gasteiger partial charge >= 0.3 is 0 Å². The highest BCUT2D eigenvalue weighted by Gasteiger charge is 2.32. The van der Waals surface area contributed by atoms with Gasteiger partial charge in [-0.25, -0.2) is 4.39 Å². The molecule has 3 atom stereocenters. The molecule has 1 aliphatic carbocycles. The van der Waals surface area contributed by atoms with Crippen molar-refractivity contribution < 1.29 is 18.7 Å². The normalized spacial score (nSPS) is 26.4. The molecule has 0 saturated carbocycles. The first-order valence-electron chi connectivity index (χ1n) is 8.22. The maximum atomic E-state index is 13.3. The van der Waals surface area contributed by atoms with Crippen molar-refractivity contribution in [2.24, 2.45) is 10.9 Å². The van der Waals surface area contributed by atoms with Gasteiger partial charge in [0.1, 0.15) is 17.7 Å². The fourth-order valence-corrected chi connectivity index (χ4v) is 3.95. The maximum absolute atomic E-state index is 13.3. The van der Waals surface area contributed by atoms with Gasteiger partial charge in [0.25, 0.3) is 5.91 Å². The Hall–Kier alpha value is -2.54. The number of allylic oxidation sites excluding steroid dienone is 2. The second kappa shape index (κ2) is 6.99. The Morgan fingerprint density at radius 2 is 2.15 bits per heavy atom. The minimum Gasteiger partial charge on any atom is -0.497 e. The number of fused-ring (bicyclic) bond motifs is 1. The van der Waals surface area contributed by atoms with Gasteiger partial charge < -0.3 is 9.47 Å². The standard InChI is InChI=1S/C19H17FN2O3S/c1-24-14-5-2-11(3-6-14)15-10-26-19(21-15)22-18(23)17-9-12-8-13(20)4-7-16(12)25-17/h2-9,12,15-16H,10H2,1H3,(H,21,22,23). The van der Waals surface area contributed by atoms with Crippen LogP contribution in [0.25, 0.3) is 0 Å². The molecule has 3 unspecified atom stereocenters. The van der Waals surface area contributed by atoms with Crippen molar-refractivity contribution in [2.45, 2.75) is 12.1 Å². The number of hydrogen-bond donors (Lipinski definition) is 1. The van der Waals surface area contributed by atoms with Gasteiger partial charge in [-0.15, -0.1) is 0 Å². The van der Waals surface area contributed by atoms with Crippen LogP contribution in [0.1, 0.15) is 11.6 Å². The number of thioether (sulfide) groups is 1. The van der Waals surface area contributed by atoms with Gasteiger partial charge in [0.2, 0.25) is 0 Å². The molecule has 7 heteroatoms. The average molecular weight is 372 g/mol. The molecule has 0 radical (unpaired) electrons. The van der Waals surface area contributed by atoms with Gasteiger partial charge in [-0.2, -0.15) is 0 Å². The number of benzene rings is 1. The third kappa shape index (κ3) is 3.39. The van der Waals surface area contributed by atoms with Crippen LogP contribution in [0.2, 0.25) is 0 Å². The Balaban J connectivity index is 1.40. The number of carbonyl (C=O) groups excluding carboxylic acids is 1. The molecule has 1 aromatic carbocycles. The topological polar surface area (TPSA) is 59.9 Å². The van der Waals surface area contributed by atoms with E-state index in [0.29, 0.717) is 5.17 Å². The first kappa shape index (κ1) is 16.9. The van der Waals surface area contributed by atoms with Crippen LogP contribution in [0.15, 0.2) is 65.1 Å². The van der Waals surface area contributed by atoms with Crippen LogP contribution in [-0.2, 0) is 9.53 Å². The first-order valence-corrected chi connectivity index (χ1v) is 9.21. The second-order valence-electron chi connectivity index (χ2n) is 6.09. The van der Waals surface area contributed by atoms with E-state index < -0.39 is 0 Å². The smallest absolute Gasteiger partial charge is 0.291 e. The number of amidine groups is 1. The van der Waals surface area contributed by atoms with Crippen molar-refractivity contribution in [3.63, 3.8) is 0 Å². The molecule has 1 aromatic rings. The van der Waals surface area contributed by atoms with Crippen molar-refractivity contribution in [2.75, 3.05) is 12.9 Å². The van der Waals surface area contributed by atoms with E-state index in [1.54, 1.807) is 19.3 Å². The van der Waals surface area contributed by atoms with Crippen LogP contribution in [0.4, 0.5) is 4.39 Å². The molecule has 0 fully saturated rings. The van der Waals surface area contributed by atoms with Gasteiger partial charge in [-0.1, -0.05) is 23.9 Å². The first-order chi connectivity index (χ1) is 12.6. The predicted molar refractivity (Wildman–Crippen MR) is 98.5 cm³/mol. The second-order valence-corrected chi connectivity index (χ2v) is 7.10. The van der Waals surface area contributed by atoms with Crippen LogP contribution < -0.4 is 10.1 Å². The van der Waals surface area contributed by atoms with Gasteiger partial charge in [0.15, 0.2) is 10.9 Å². The predicted octanol–water partition coefficient (Wildman–Crippen LogP) is 3.28. The summed E-state index contributed by atoms with van der Waals surface area (Å²) in [5.41, 5.74) is 1.07. The summed E-state index contributed by atoms with van der Waals surface area (Å²) in [6.45, 7) is 0. The highest BCUT2D eigenvalue weighted by molar-refractivity contribution is 8.14. The highest BCUT2D eigenvalue weighted by atomic mass is 32.2. The van der Waals surface area contributed by atoms with Crippen LogP contribution in [0.3, 0.4) is 0 Å². The van der Waals surface area contributed by atoms with Crippen LogP contribution in [0, 0.1) is 5.92 Å². The van der Waals surface area contributed by atoms with E-state index in [1.807, 2.05) is 24.3 Å². The van der Waals surface area contributed by atoms with Crippen molar-refractivity contribution in [3.05, 3.63) is 65.7 Å². The molecule has 134 valence electrons. The van der Waals surface area contributed by atoms with Crippen molar-refractivity contribution >= 4 is 22.8 Å². The minimum absolute atomic E-state index is 0.0118. The van der Waals surface area contributed by atoms with E-state index in [1.165, 1.54) is 23.9 Å². The molecule has 0 spiro atoms. The molecule has 1 amide bonds. The van der Waals surface area contributed by atoms with E-state index in [2.05, 4.69) is 10.3 Å². The minimum atomic E-state index is -0.358. The molecule has 1 N–H and O–H groups in total. The largest absolute Gasteiger partial charge is 0.497 e. The number of amides is 1. The summed E-state index contributed by atoms with van der Waals surface area (Å²) in [4.78, 5) is 17.0. The van der Waals surface area contributed by atoms with E-state index in [4.69, 9.17) is 9.47 Å². The summed E-state index contributed by atoms with van der Waals surface area (Å²) in [5, 5.41) is 3.34. The summed E-state index contributed by atoms with van der Waals surface area (Å²) in [5.74, 6) is 0.833. The van der Waals surface area contributed by atoms with Gasteiger partial charge in [-0.05, 0) is 42.0 Å². The monoisotopic (exact) mass is 372 g/mol. The molecule has 3 aliphatic rings. The molecule has 0 aromatic heterocycles. The number of ether oxygens (including phenoxy) is 2. The Bertz CT molecular complexity index is 845. The molecule has 0 bridgehead atoms. The Morgan fingerprint density at radius 3 is 2.92 bits per heavy atom. The molecule has 4 rings (SSSR count). The van der Waals surface area contributed by atoms with Crippen LogP contribution >= 0.6 is 11.8 Å². The zero-order chi connectivity index (χ0) is 18.1.